The van der Waals surface area contributed by atoms with Crippen LogP contribution in [0.4, 0.5) is 0 Å². The monoisotopic (exact) mass is 249 g/mol. The van der Waals surface area contributed by atoms with E-state index in [0.717, 1.165) is 12.0 Å². The van der Waals surface area contributed by atoms with Crippen molar-refractivity contribution in [3.05, 3.63) is 30.1 Å². The first-order valence-corrected chi connectivity index (χ1v) is 6.24. The van der Waals surface area contributed by atoms with Gasteiger partial charge in [0.15, 0.2) is 0 Å². The molecule has 3 N–H and O–H groups in total. The van der Waals surface area contributed by atoms with Crippen LogP contribution in [0, 0.1) is 0 Å². The Hall–Kier alpha value is -1.46. The molecule has 1 aliphatic rings. The smallest absolute Gasteiger partial charge is 0.240 e. The van der Waals surface area contributed by atoms with E-state index in [2.05, 4.69) is 10.3 Å². The van der Waals surface area contributed by atoms with Crippen LogP contribution >= 0.6 is 0 Å². The molecule has 0 saturated carbocycles. The summed E-state index contributed by atoms with van der Waals surface area (Å²) < 4.78 is 5.22. The van der Waals surface area contributed by atoms with Crippen molar-refractivity contribution in [2.75, 3.05) is 19.8 Å². The fourth-order valence-electron chi connectivity index (χ4n) is 2.01. The minimum absolute atomic E-state index is 0.0696. The molecule has 0 bridgehead atoms. The van der Waals surface area contributed by atoms with Crippen LogP contribution < -0.4 is 11.1 Å². The summed E-state index contributed by atoms with van der Waals surface area (Å²) in [6.45, 7) is 1.73. The number of aromatic nitrogens is 1. The average molecular weight is 249 g/mol. The van der Waals surface area contributed by atoms with E-state index < -0.39 is 5.54 Å². The van der Waals surface area contributed by atoms with Crippen molar-refractivity contribution in [1.82, 2.24) is 10.3 Å². The summed E-state index contributed by atoms with van der Waals surface area (Å²) in [5.41, 5.74) is 6.48. The standard InChI is InChI=1S/C13H19N3O2/c14-13(4-9-18-10-5-13)12(17)16-8-3-11-1-6-15-7-2-11/h1-2,6-7H,3-5,8-10,14H2,(H,16,17). The molecule has 0 atom stereocenters. The maximum atomic E-state index is 12.0. The molecule has 5 heteroatoms. The number of hydrogen-bond acceptors (Lipinski definition) is 4. The third-order valence-electron chi connectivity index (χ3n) is 3.29. The summed E-state index contributed by atoms with van der Waals surface area (Å²) in [6, 6.07) is 3.89. The lowest BCUT2D eigenvalue weighted by atomic mass is 9.90. The molecule has 2 heterocycles. The summed E-state index contributed by atoms with van der Waals surface area (Å²) in [5, 5.41) is 2.90. The molecule has 0 unspecified atom stereocenters. The highest BCUT2D eigenvalue weighted by atomic mass is 16.5. The Morgan fingerprint density at radius 1 is 1.39 bits per heavy atom. The highest BCUT2D eigenvalue weighted by Crippen LogP contribution is 2.17. The topological polar surface area (TPSA) is 77.2 Å². The van der Waals surface area contributed by atoms with Gasteiger partial charge in [0.25, 0.3) is 0 Å². The molecule has 1 aliphatic heterocycles. The number of carbonyl (C=O) groups is 1. The van der Waals surface area contributed by atoms with Gasteiger partial charge >= 0.3 is 0 Å². The number of amides is 1. The van der Waals surface area contributed by atoms with Crippen LogP contribution in [-0.4, -0.2) is 36.2 Å². The van der Waals surface area contributed by atoms with Gasteiger partial charge in [-0.2, -0.15) is 0 Å². The first-order chi connectivity index (χ1) is 8.71. The van der Waals surface area contributed by atoms with Gasteiger partial charge in [-0.3, -0.25) is 9.78 Å². The summed E-state index contributed by atoms with van der Waals surface area (Å²) in [4.78, 5) is 16.0. The number of nitrogens with one attached hydrogen (secondary N) is 1. The zero-order valence-corrected chi connectivity index (χ0v) is 10.4. The predicted molar refractivity (Wildman–Crippen MR) is 67.9 cm³/mol. The Morgan fingerprint density at radius 2 is 2.06 bits per heavy atom. The Labute approximate surface area is 107 Å². The van der Waals surface area contributed by atoms with Crippen LogP contribution in [0.5, 0.6) is 0 Å². The van der Waals surface area contributed by atoms with E-state index in [9.17, 15) is 4.79 Å². The van der Waals surface area contributed by atoms with Gasteiger partial charge in [-0.1, -0.05) is 0 Å². The van der Waals surface area contributed by atoms with E-state index >= 15 is 0 Å². The third kappa shape index (κ3) is 3.27. The Morgan fingerprint density at radius 3 is 2.72 bits per heavy atom. The van der Waals surface area contributed by atoms with Crippen molar-refractivity contribution >= 4 is 5.91 Å². The van der Waals surface area contributed by atoms with Crippen molar-refractivity contribution in [2.24, 2.45) is 5.73 Å². The number of nitrogens with two attached hydrogens (primary N) is 1. The van der Waals surface area contributed by atoms with Gasteiger partial charge in [0.1, 0.15) is 0 Å². The summed E-state index contributed by atoms with van der Waals surface area (Å²) in [6.07, 6.45) is 5.48. The average Bonchev–Trinajstić information content (AvgIpc) is 2.41. The maximum absolute atomic E-state index is 12.0. The van der Waals surface area contributed by atoms with E-state index in [4.69, 9.17) is 10.5 Å². The zero-order chi connectivity index (χ0) is 12.8. The number of ether oxygens (including phenoxy) is 1. The predicted octanol–water partition coefficient (Wildman–Crippen LogP) is 0.248. The zero-order valence-electron chi connectivity index (χ0n) is 10.4. The molecule has 0 aromatic carbocycles. The number of pyridine rings is 1. The van der Waals surface area contributed by atoms with Gasteiger partial charge in [-0.25, -0.2) is 0 Å². The molecule has 5 nitrogen and oxygen atoms in total. The second kappa shape index (κ2) is 5.93. The van der Waals surface area contributed by atoms with Gasteiger partial charge < -0.3 is 15.8 Å². The molecule has 98 valence electrons. The minimum atomic E-state index is -0.753. The first-order valence-electron chi connectivity index (χ1n) is 6.24. The van der Waals surface area contributed by atoms with Gasteiger partial charge in [0.2, 0.25) is 5.91 Å². The van der Waals surface area contributed by atoms with E-state index in [0.29, 0.717) is 32.6 Å². The number of carbonyl (C=O) groups excluding carboxylic acids is 1. The molecule has 1 saturated heterocycles. The Kier molecular flexibility index (Phi) is 4.28. The minimum Gasteiger partial charge on any atom is -0.381 e. The van der Waals surface area contributed by atoms with Gasteiger partial charge in [0.05, 0.1) is 5.54 Å². The van der Waals surface area contributed by atoms with Crippen molar-refractivity contribution in [3.8, 4) is 0 Å². The molecule has 18 heavy (non-hydrogen) atoms. The first kappa shape index (κ1) is 13.0. The SMILES string of the molecule is NC1(C(=O)NCCc2ccncc2)CCOCC1. The van der Waals surface area contributed by atoms with Crippen LogP contribution in [-0.2, 0) is 16.0 Å². The van der Waals surface area contributed by atoms with Crippen LogP contribution in [0.1, 0.15) is 18.4 Å². The lowest BCUT2D eigenvalue weighted by Crippen LogP contribution is -2.57. The Bertz CT molecular complexity index is 388. The molecule has 0 radical (unpaired) electrons. The van der Waals surface area contributed by atoms with E-state index in [1.165, 1.54) is 0 Å². The molecule has 2 rings (SSSR count). The molecular weight excluding hydrogens is 230 g/mol. The fourth-order valence-corrected chi connectivity index (χ4v) is 2.01. The number of rotatable bonds is 4. The fraction of sp³-hybridized carbons (Fsp3) is 0.538. The molecule has 1 aromatic heterocycles. The largest absolute Gasteiger partial charge is 0.381 e. The molecule has 1 amide bonds. The van der Waals surface area contributed by atoms with Crippen molar-refractivity contribution in [2.45, 2.75) is 24.8 Å². The van der Waals surface area contributed by atoms with Crippen molar-refractivity contribution < 1.29 is 9.53 Å². The number of nitrogens with zero attached hydrogens (tertiary/aromatic N) is 1. The molecule has 1 aromatic rings. The molecule has 0 aliphatic carbocycles. The lowest BCUT2D eigenvalue weighted by molar-refractivity contribution is -0.129. The van der Waals surface area contributed by atoms with Crippen LogP contribution in [0.2, 0.25) is 0 Å². The van der Waals surface area contributed by atoms with E-state index in [1.807, 2.05) is 12.1 Å². The Balaban J connectivity index is 1.78. The van der Waals surface area contributed by atoms with Crippen molar-refractivity contribution in [1.29, 1.82) is 0 Å². The highest BCUT2D eigenvalue weighted by Gasteiger charge is 2.35. The lowest BCUT2D eigenvalue weighted by Gasteiger charge is -2.31. The van der Waals surface area contributed by atoms with Crippen molar-refractivity contribution in [3.63, 3.8) is 0 Å². The summed E-state index contributed by atoms with van der Waals surface area (Å²) in [5.74, 6) is -0.0696. The van der Waals surface area contributed by atoms with Crippen LogP contribution in [0.15, 0.2) is 24.5 Å². The molecule has 0 spiro atoms. The second-order valence-corrected chi connectivity index (χ2v) is 4.63. The molecule has 1 fully saturated rings. The van der Waals surface area contributed by atoms with E-state index in [-0.39, 0.29) is 5.91 Å². The quantitative estimate of drug-likeness (QED) is 0.802. The van der Waals surface area contributed by atoms with Gasteiger partial charge in [-0.05, 0) is 37.0 Å². The summed E-state index contributed by atoms with van der Waals surface area (Å²) >= 11 is 0. The van der Waals surface area contributed by atoms with Crippen LogP contribution in [0.25, 0.3) is 0 Å². The summed E-state index contributed by atoms with van der Waals surface area (Å²) in [7, 11) is 0. The third-order valence-corrected chi connectivity index (χ3v) is 3.29. The van der Waals surface area contributed by atoms with E-state index in [1.54, 1.807) is 12.4 Å². The van der Waals surface area contributed by atoms with Gasteiger partial charge in [0, 0.05) is 32.2 Å². The molecular formula is C13H19N3O2. The van der Waals surface area contributed by atoms with Crippen LogP contribution in [0.3, 0.4) is 0 Å². The number of hydrogen-bond donors (Lipinski definition) is 2. The normalized spacial score (nSPS) is 18.3. The van der Waals surface area contributed by atoms with Gasteiger partial charge in [-0.15, -0.1) is 0 Å². The highest BCUT2D eigenvalue weighted by molar-refractivity contribution is 5.86. The maximum Gasteiger partial charge on any atom is 0.240 e. The second-order valence-electron chi connectivity index (χ2n) is 4.63.